The predicted octanol–water partition coefficient (Wildman–Crippen LogP) is 13.6. The number of nitrogens with zero attached hydrogens (tertiary/aromatic N) is 3. The first kappa shape index (κ1) is 45.8. The van der Waals surface area contributed by atoms with Crippen molar-refractivity contribution >= 4 is 113 Å². The third-order valence-electron chi connectivity index (χ3n) is 16.1. The highest BCUT2D eigenvalue weighted by Crippen LogP contribution is 2.40. The molecule has 0 N–H and O–H groups in total. The van der Waals surface area contributed by atoms with Gasteiger partial charge in [-0.15, -0.1) is 0 Å². The van der Waals surface area contributed by atoms with Crippen LogP contribution < -0.4 is 31.1 Å². The van der Waals surface area contributed by atoms with Crippen LogP contribution >= 0.6 is 0 Å². The van der Waals surface area contributed by atoms with Crippen molar-refractivity contribution in [1.82, 2.24) is 13.7 Å². The summed E-state index contributed by atoms with van der Waals surface area (Å²) in [6, 6.07) is 114. The van der Waals surface area contributed by atoms with E-state index in [2.05, 4.69) is 323 Å². The lowest BCUT2D eigenvalue weighted by Gasteiger charge is -2.44. The maximum Gasteiger partial charge on any atom is 0.278 e. The Balaban J connectivity index is 1.08. The molecule has 0 saturated carbocycles. The van der Waals surface area contributed by atoms with E-state index < -0.39 is 16.6 Å². The SMILES string of the molecule is c1ccc([Si](O[Si](c2ccccc2)(c2ccccc2)c2ccc(-n3c4ccccc4c4ccccc43)c(-n3c4ccccc4c4cc(-n5c6ccccc6c6ccccc65)ccc43)c2)(c2ccccc2)c2ccccc2)cc1. The van der Waals surface area contributed by atoms with E-state index in [4.69, 9.17) is 4.12 Å². The van der Waals surface area contributed by atoms with Gasteiger partial charge in [0.05, 0.1) is 44.5 Å². The van der Waals surface area contributed by atoms with E-state index in [1.807, 2.05) is 0 Å². The van der Waals surface area contributed by atoms with Crippen molar-refractivity contribution in [3.05, 3.63) is 309 Å². The molecule has 3 heterocycles. The predicted molar refractivity (Wildman–Crippen MR) is 332 cm³/mol. The number of aromatic nitrogens is 3. The topological polar surface area (TPSA) is 24.0 Å². The van der Waals surface area contributed by atoms with Crippen LogP contribution in [0.25, 0.3) is 82.5 Å². The van der Waals surface area contributed by atoms with Gasteiger partial charge in [-0.25, -0.2) is 0 Å². The molecule has 0 bridgehead atoms. The molecular weight excluding hydrogens is 979 g/mol. The van der Waals surface area contributed by atoms with Gasteiger partial charge in [0, 0.05) is 38.0 Å². The van der Waals surface area contributed by atoms with E-state index in [9.17, 15) is 0 Å². The number of benzene rings is 12. The van der Waals surface area contributed by atoms with Crippen LogP contribution in [0.3, 0.4) is 0 Å². The Morgan fingerprint density at radius 3 is 0.885 bits per heavy atom. The van der Waals surface area contributed by atoms with Gasteiger partial charge in [0.15, 0.2) is 0 Å². The largest absolute Gasteiger partial charge is 0.435 e. The fourth-order valence-corrected chi connectivity index (χ4v) is 23.4. The van der Waals surface area contributed by atoms with Crippen LogP contribution in [0, 0.1) is 0 Å². The molecule has 0 amide bonds. The zero-order chi connectivity index (χ0) is 51.6. The Hall–Kier alpha value is -9.57. The van der Waals surface area contributed by atoms with Gasteiger partial charge in [-0.2, -0.15) is 0 Å². The zero-order valence-electron chi connectivity index (χ0n) is 42.7. The lowest BCUT2D eigenvalue weighted by atomic mass is 10.1. The van der Waals surface area contributed by atoms with E-state index in [0.29, 0.717) is 0 Å². The van der Waals surface area contributed by atoms with Crippen molar-refractivity contribution in [2.24, 2.45) is 0 Å². The molecule has 0 aliphatic rings. The molecule has 0 aliphatic heterocycles. The molecule has 368 valence electrons. The van der Waals surface area contributed by atoms with Crippen LogP contribution in [-0.2, 0) is 4.12 Å². The standard InChI is InChI=1S/C72H51N3OSi2/c1-6-26-53(27-7-1)77(54-28-8-2-9-29-54,55-30-10-3-11-31-55)76-78(56-32-12-4-13-33-56,57-34-14-5-15-35-57)58-47-49-71(74-67-43-23-18-38-61(67)62-39-19-24-44-68(62)74)72(51-58)75-69-45-25-20-40-63(69)64-50-52(46-48-70(64)75)73-65-41-21-16-36-59(65)60-37-17-22-42-66(60)73/h1-51H. The molecule has 0 atom stereocenters. The van der Waals surface area contributed by atoms with E-state index in [0.717, 1.165) is 44.3 Å². The lowest BCUT2D eigenvalue weighted by Crippen LogP contribution is -2.81. The molecule has 3 aromatic heterocycles. The summed E-state index contributed by atoms with van der Waals surface area (Å²) in [5.74, 6) is 0. The molecular formula is C72H51N3OSi2. The summed E-state index contributed by atoms with van der Waals surface area (Å²) in [5.41, 5.74) is 10.2. The van der Waals surface area contributed by atoms with Crippen molar-refractivity contribution in [3.8, 4) is 17.1 Å². The molecule has 15 rings (SSSR count). The van der Waals surface area contributed by atoms with Crippen LogP contribution in [0.2, 0.25) is 0 Å². The minimum Gasteiger partial charge on any atom is -0.435 e. The van der Waals surface area contributed by atoms with E-state index in [1.54, 1.807) is 0 Å². The monoisotopic (exact) mass is 1030 g/mol. The molecule has 0 saturated heterocycles. The second-order valence-corrected chi connectivity index (χ2v) is 27.3. The Bertz CT molecular complexity index is 4460. The smallest absolute Gasteiger partial charge is 0.278 e. The number of fused-ring (bicyclic) bond motifs is 9. The Morgan fingerprint density at radius 2 is 0.500 bits per heavy atom. The Labute approximate surface area is 454 Å². The summed E-state index contributed by atoms with van der Waals surface area (Å²) >= 11 is 0. The van der Waals surface area contributed by atoms with Crippen LogP contribution in [0.1, 0.15) is 0 Å². The zero-order valence-corrected chi connectivity index (χ0v) is 44.7. The van der Waals surface area contributed by atoms with Crippen molar-refractivity contribution < 1.29 is 4.12 Å². The summed E-state index contributed by atoms with van der Waals surface area (Å²) in [6.45, 7) is 0. The number of para-hydroxylation sites is 5. The van der Waals surface area contributed by atoms with Crippen molar-refractivity contribution in [1.29, 1.82) is 0 Å². The number of hydrogen-bond donors (Lipinski definition) is 0. The van der Waals surface area contributed by atoms with Gasteiger partial charge >= 0.3 is 0 Å². The Morgan fingerprint density at radius 1 is 0.205 bits per heavy atom. The second-order valence-electron chi connectivity index (χ2n) is 20.3. The lowest BCUT2D eigenvalue weighted by molar-refractivity contribution is 0.600. The molecule has 0 aliphatic carbocycles. The highest BCUT2D eigenvalue weighted by Gasteiger charge is 2.53. The second kappa shape index (κ2) is 18.6. The molecule has 0 unspecified atom stereocenters. The molecule has 78 heavy (non-hydrogen) atoms. The third kappa shape index (κ3) is 7.01. The average Bonchev–Trinajstić information content (AvgIpc) is 3.98. The van der Waals surface area contributed by atoms with Gasteiger partial charge in [-0.1, -0.05) is 249 Å². The first-order valence-corrected chi connectivity index (χ1v) is 30.7. The molecule has 15 aromatic rings. The van der Waals surface area contributed by atoms with Crippen LogP contribution in [-0.4, -0.2) is 30.3 Å². The van der Waals surface area contributed by atoms with Crippen LogP contribution in [0.5, 0.6) is 0 Å². The summed E-state index contributed by atoms with van der Waals surface area (Å²) < 4.78 is 16.4. The summed E-state index contributed by atoms with van der Waals surface area (Å²) in [5, 5.41) is 14.3. The van der Waals surface area contributed by atoms with Gasteiger partial charge < -0.3 is 17.8 Å². The summed E-state index contributed by atoms with van der Waals surface area (Å²) in [7, 11) is -7.11. The van der Waals surface area contributed by atoms with Gasteiger partial charge in [-0.3, -0.25) is 0 Å². The van der Waals surface area contributed by atoms with E-state index in [1.165, 1.54) is 69.3 Å². The highest BCUT2D eigenvalue weighted by molar-refractivity contribution is 7.18. The maximum absolute atomic E-state index is 8.95. The normalized spacial score (nSPS) is 12.2. The number of hydrogen-bond acceptors (Lipinski definition) is 1. The van der Waals surface area contributed by atoms with Gasteiger partial charge in [0.25, 0.3) is 16.6 Å². The summed E-state index contributed by atoms with van der Waals surface area (Å²) in [6.07, 6.45) is 0. The van der Waals surface area contributed by atoms with Crippen molar-refractivity contribution in [2.75, 3.05) is 0 Å². The Kier molecular flexibility index (Phi) is 10.9. The van der Waals surface area contributed by atoms with E-state index >= 15 is 0 Å². The van der Waals surface area contributed by atoms with Gasteiger partial charge in [0.2, 0.25) is 0 Å². The first-order valence-electron chi connectivity index (χ1n) is 26.8. The highest BCUT2D eigenvalue weighted by atomic mass is 28.4. The van der Waals surface area contributed by atoms with Crippen LogP contribution in [0.15, 0.2) is 309 Å². The fourth-order valence-electron chi connectivity index (χ4n) is 12.8. The molecule has 0 fully saturated rings. The minimum atomic E-state index is -3.66. The molecule has 0 spiro atoms. The van der Waals surface area contributed by atoms with Gasteiger partial charge in [-0.05, 0) is 91.8 Å². The minimum absolute atomic E-state index is 1.06. The molecule has 0 radical (unpaired) electrons. The molecule has 6 heteroatoms. The third-order valence-corrected chi connectivity index (χ3v) is 25.5. The maximum atomic E-state index is 8.95. The van der Waals surface area contributed by atoms with Gasteiger partial charge in [0.1, 0.15) is 0 Å². The van der Waals surface area contributed by atoms with Crippen molar-refractivity contribution in [3.63, 3.8) is 0 Å². The quantitative estimate of drug-likeness (QED) is 0.0936. The molecule has 12 aromatic carbocycles. The summed E-state index contributed by atoms with van der Waals surface area (Å²) in [4.78, 5) is 0. The van der Waals surface area contributed by atoms with Crippen molar-refractivity contribution in [2.45, 2.75) is 0 Å². The fraction of sp³-hybridized carbons (Fsp3) is 0. The molecule has 4 nitrogen and oxygen atoms in total. The van der Waals surface area contributed by atoms with Crippen LogP contribution in [0.4, 0.5) is 0 Å². The van der Waals surface area contributed by atoms with E-state index in [-0.39, 0.29) is 0 Å². The number of rotatable bonds is 11. The first-order chi connectivity index (χ1) is 38.7. The average molecular weight is 1030 g/mol.